The molecule has 0 heterocycles. The fourth-order valence-electron chi connectivity index (χ4n) is 2.03. The van der Waals surface area contributed by atoms with Gasteiger partial charge in [0.15, 0.2) is 0 Å². The summed E-state index contributed by atoms with van der Waals surface area (Å²) in [5.41, 5.74) is 0.857. The second-order valence-corrected chi connectivity index (χ2v) is 10.9. The second-order valence-electron chi connectivity index (χ2n) is 5.58. The van der Waals surface area contributed by atoms with Crippen molar-refractivity contribution in [2.45, 2.75) is 44.9 Å². The van der Waals surface area contributed by atoms with Crippen LogP contribution in [0.3, 0.4) is 0 Å². The minimum absolute atomic E-state index is 0.0702. The maximum atomic E-state index is 11.4. The first-order valence-electron chi connectivity index (χ1n) is 5.70. The number of carbonyl (C=O) groups is 1. The summed E-state index contributed by atoms with van der Waals surface area (Å²) in [6.45, 7) is 15.9. The Morgan fingerprint density at radius 2 is 1.94 bits per heavy atom. The Bertz CT molecular complexity index is 276. The van der Waals surface area contributed by atoms with Crippen LogP contribution in [0.4, 0.5) is 0 Å². The van der Waals surface area contributed by atoms with Crippen LogP contribution in [0.5, 0.6) is 0 Å². The molecular formula is C13H24O2Si. The van der Waals surface area contributed by atoms with Gasteiger partial charge >= 0.3 is 5.97 Å². The summed E-state index contributed by atoms with van der Waals surface area (Å²) in [6, 6.07) is 0. The lowest BCUT2D eigenvalue weighted by Crippen LogP contribution is -2.38. The van der Waals surface area contributed by atoms with Crippen LogP contribution in [0.1, 0.15) is 19.8 Å². The average Bonchev–Trinajstić information content (AvgIpc) is 2.08. The van der Waals surface area contributed by atoms with Gasteiger partial charge in [-0.3, -0.25) is 4.79 Å². The molecule has 2 atom stereocenters. The van der Waals surface area contributed by atoms with Gasteiger partial charge in [-0.05, 0) is 25.7 Å². The fraction of sp³-hybridized carbons (Fsp3) is 0.615. The first-order valence-corrected chi connectivity index (χ1v) is 9.27. The quantitative estimate of drug-likeness (QED) is 0.540. The molecule has 0 spiro atoms. The number of allylic oxidation sites excluding steroid dienone is 2. The highest BCUT2D eigenvalue weighted by Gasteiger charge is 2.37. The predicted octanol–water partition coefficient (Wildman–Crippen LogP) is 3.94. The fourth-order valence-corrected chi connectivity index (χ4v) is 4.36. The van der Waals surface area contributed by atoms with Crippen molar-refractivity contribution in [3.63, 3.8) is 0 Å². The third-order valence-corrected chi connectivity index (χ3v) is 5.38. The molecule has 3 heteroatoms. The summed E-state index contributed by atoms with van der Waals surface area (Å²) in [7, 11) is -1.71. The Morgan fingerprint density at radius 3 is 2.19 bits per heavy atom. The van der Waals surface area contributed by atoms with E-state index in [9.17, 15) is 9.90 Å². The Labute approximate surface area is 100 Å². The Balaban J connectivity index is 4.80. The molecule has 0 fully saturated rings. The Kier molecular flexibility index (Phi) is 5.72. The van der Waals surface area contributed by atoms with Crippen LogP contribution in [0.2, 0.25) is 25.2 Å². The average molecular weight is 240 g/mol. The molecule has 0 saturated carbocycles. The van der Waals surface area contributed by atoms with Crippen LogP contribution < -0.4 is 0 Å². The highest BCUT2D eigenvalue weighted by molar-refractivity contribution is 6.80. The van der Waals surface area contributed by atoms with Crippen molar-refractivity contribution in [3.8, 4) is 0 Å². The van der Waals surface area contributed by atoms with Gasteiger partial charge in [0.2, 0.25) is 0 Å². The molecule has 0 aliphatic heterocycles. The molecule has 0 rings (SSSR count). The minimum Gasteiger partial charge on any atom is -0.481 e. The van der Waals surface area contributed by atoms with E-state index >= 15 is 0 Å². The summed E-state index contributed by atoms with van der Waals surface area (Å²) in [6.07, 6.45) is 3.53. The number of rotatable bonds is 7. The van der Waals surface area contributed by atoms with E-state index in [1.807, 2.05) is 6.92 Å². The lowest BCUT2D eigenvalue weighted by molar-refractivity contribution is -0.137. The molecule has 0 saturated heterocycles. The van der Waals surface area contributed by atoms with Crippen LogP contribution in [0.25, 0.3) is 0 Å². The topological polar surface area (TPSA) is 37.3 Å². The van der Waals surface area contributed by atoms with Crippen LogP contribution >= 0.6 is 0 Å². The van der Waals surface area contributed by atoms with Gasteiger partial charge in [-0.15, -0.1) is 13.2 Å². The van der Waals surface area contributed by atoms with Crippen molar-refractivity contribution in [1.29, 1.82) is 0 Å². The molecule has 0 aromatic carbocycles. The first-order chi connectivity index (χ1) is 7.20. The number of hydrogen-bond donors (Lipinski definition) is 1. The van der Waals surface area contributed by atoms with Crippen molar-refractivity contribution in [2.24, 2.45) is 5.92 Å². The van der Waals surface area contributed by atoms with Gasteiger partial charge in [-0.2, -0.15) is 0 Å². The molecular weight excluding hydrogens is 216 g/mol. The Hall–Kier alpha value is -0.833. The summed E-state index contributed by atoms with van der Waals surface area (Å²) in [4.78, 5) is 11.4. The van der Waals surface area contributed by atoms with Gasteiger partial charge < -0.3 is 5.11 Å². The maximum absolute atomic E-state index is 11.4. The van der Waals surface area contributed by atoms with Gasteiger partial charge in [-0.1, -0.05) is 31.3 Å². The molecule has 0 aliphatic carbocycles. The van der Waals surface area contributed by atoms with Crippen LogP contribution in [-0.4, -0.2) is 19.1 Å². The van der Waals surface area contributed by atoms with Crippen molar-refractivity contribution in [2.75, 3.05) is 0 Å². The largest absolute Gasteiger partial charge is 0.481 e. The summed E-state index contributed by atoms with van der Waals surface area (Å²) >= 11 is 0. The van der Waals surface area contributed by atoms with Crippen LogP contribution in [-0.2, 0) is 4.79 Å². The second kappa shape index (κ2) is 6.04. The molecule has 2 nitrogen and oxygen atoms in total. The summed E-state index contributed by atoms with van der Waals surface area (Å²) < 4.78 is 0. The molecule has 0 amide bonds. The number of carboxylic acids is 1. The van der Waals surface area contributed by atoms with Gasteiger partial charge in [-0.25, -0.2) is 0 Å². The maximum Gasteiger partial charge on any atom is 0.304 e. The van der Waals surface area contributed by atoms with Gasteiger partial charge in [0.25, 0.3) is 0 Å². The first kappa shape index (κ1) is 15.2. The van der Waals surface area contributed by atoms with Gasteiger partial charge in [0, 0.05) is 0 Å². The highest BCUT2D eigenvalue weighted by atomic mass is 28.3. The molecule has 1 N–H and O–H groups in total. The zero-order chi connectivity index (χ0) is 12.9. The summed E-state index contributed by atoms with van der Waals surface area (Å²) in [5.74, 6) is -0.605. The van der Waals surface area contributed by atoms with E-state index in [1.165, 1.54) is 0 Å². The zero-order valence-corrected chi connectivity index (χ0v) is 11.9. The molecule has 0 aliphatic rings. The van der Waals surface area contributed by atoms with Crippen molar-refractivity contribution >= 4 is 14.0 Å². The summed E-state index contributed by atoms with van der Waals surface area (Å²) in [5, 5.41) is 9.34. The molecule has 0 radical (unpaired) electrons. The van der Waals surface area contributed by atoms with Crippen molar-refractivity contribution in [3.05, 3.63) is 24.8 Å². The van der Waals surface area contributed by atoms with Crippen molar-refractivity contribution < 1.29 is 9.90 Å². The number of aliphatic carboxylic acids is 1. The van der Waals surface area contributed by atoms with Gasteiger partial charge in [0.05, 0.1) is 13.6 Å². The lowest BCUT2D eigenvalue weighted by Gasteiger charge is -2.31. The van der Waals surface area contributed by atoms with Gasteiger partial charge in [0.1, 0.15) is 0 Å². The predicted molar refractivity (Wildman–Crippen MR) is 72.5 cm³/mol. The van der Waals surface area contributed by atoms with E-state index in [2.05, 4.69) is 32.8 Å². The Morgan fingerprint density at radius 1 is 1.44 bits per heavy atom. The lowest BCUT2D eigenvalue weighted by atomic mass is 9.97. The van der Waals surface area contributed by atoms with Crippen LogP contribution in [0, 0.1) is 5.92 Å². The molecule has 16 heavy (non-hydrogen) atoms. The van der Waals surface area contributed by atoms with Crippen molar-refractivity contribution in [1.82, 2.24) is 0 Å². The normalized spacial score (nSPS) is 15.2. The molecule has 0 bridgehead atoms. The van der Waals surface area contributed by atoms with Crippen LogP contribution in [0.15, 0.2) is 24.8 Å². The number of carboxylic acid groups (broad SMARTS) is 1. The van der Waals surface area contributed by atoms with E-state index in [4.69, 9.17) is 0 Å². The zero-order valence-electron chi connectivity index (χ0n) is 10.9. The minimum atomic E-state index is -1.71. The highest BCUT2D eigenvalue weighted by Crippen LogP contribution is 2.34. The SMILES string of the molecule is C=C[C@H](CCC(=C)C)[C@@H](C(=O)O)[Si](C)(C)C. The van der Waals surface area contributed by atoms with E-state index in [0.717, 1.165) is 18.4 Å². The standard InChI is InChI=1S/C13H24O2Si/c1-7-11(9-8-10(2)3)12(13(14)15)16(4,5)6/h7,11-12H,1-2,8-9H2,3-6H3,(H,14,15)/t11-,12+/m1/s1. The molecule has 0 aromatic rings. The number of hydrogen-bond acceptors (Lipinski definition) is 1. The third kappa shape index (κ3) is 4.79. The molecule has 0 unspecified atom stereocenters. The van der Waals surface area contributed by atoms with E-state index in [1.54, 1.807) is 6.08 Å². The monoisotopic (exact) mass is 240 g/mol. The molecule has 92 valence electrons. The van der Waals surface area contributed by atoms with E-state index < -0.39 is 14.0 Å². The van der Waals surface area contributed by atoms with E-state index in [-0.39, 0.29) is 11.5 Å². The van der Waals surface area contributed by atoms with E-state index in [0.29, 0.717) is 0 Å². The smallest absolute Gasteiger partial charge is 0.304 e. The molecule has 0 aromatic heterocycles. The third-order valence-electron chi connectivity index (χ3n) is 2.83.